The van der Waals surface area contributed by atoms with Crippen LogP contribution in [-0.4, -0.2) is 57.1 Å². The normalized spacial score (nSPS) is 15.0. The van der Waals surface area contributed by atoms with Crippen molar-refractivity contribution in [3.63, 3.8) is 0 Å². The lowest BCUT2D eigenvalue weighted by atomic mass is 9.97. The maximum Gasteiger partial charge on any atom is 0.191 e. The first-order chi connectivity index (χ1) is 14.3. The molecule has 0 amide bonds. The Hall–Kier alpha value is -1.06. The monoisotopic (exact) mass is 532 g/mol. The molecule has 1 saturated heterocycles. The number of nitrogens with zero attached hydrogens (tertiary/aromatic N) is 2. The summed E-state index contributed by atoms with van der Waals surface area (Å²) in [5, 5.41) is 16.0. The van der Waals surface area contributed by atoms with E-state index in [0.717, 1.165) is 71.0 Å². The van der Waals surface area contributed by atoms with Crippen LogP contribution < -0.4 is 15.5 Å². The largest absolute Gasteiger partial charge is 0.396 e. The predicted molar refractivity (Wildman–Crippen MR) is 137 cm³/mol. The zero-order valence-corrected chi connectivity index (χ0v) is 21.1. The van der Waals surface area contributed by atoms with Gasteiger partial charge in [-0.25, -0.2) is 4.99 Å². The molecule has 0 atom stereocenters. The van der Waals surface area contributed by atoms with Crippen molar-refractivity contribution in [2.75, 3.05) is 50.9 Å². The SMILES string of the molecule is CCCCOCCCNC(=NCc1ccc(N2CCC(CO)CC2)cc1)NCC.I. The number of guanidine groups is 1. The van der Waals surface area contributed by atoms with E-state index in [1.54, 1.807) is 0 Å². The van der Waals surface area contributed by atoms with E-state index < -0.39 is 0 Å². The first kappa shape index (κ1) is 27.0. The fourth-order valence-corrected chi connectivity index (χ4v) is 3.43. The van der Waals surface area contributed by atoms with Crippen LogP contribution in [0.3, 0.4) is 0 Å². The van der Waals surface area contributed by atoms with E-state index in [0.29, 0.717) is 19.1 Å². The van der Waals surface area contributed by atoms with Gasteiger partial charge in [-0.05, 0) is 56.2 Å². The third kappa shape index (κ3) is 10.3. The highest BCUT2D eigenvalue weighted by Crippen LogP contribution is 2.23. The van der Waals surface area contributed by atoms with Crippen LogP contribution in [0.1, 0.15) is 51.5 Å². The number of anilines is 1. The highest BCUT2D eigenvalue weighted by molar-refractivity contribution is 14.0. The zero-order chi connectivity index (χ0) is 20.7. The van der Waals surface area contributed by atoms with Gasteiger partial charge in [-0.1, -0.05) is 25.5 Å². The van der Waals surface area contributed by atoms with Gasteiger partial charge in [0.05, 0.1) is 6.54 Å². The molecule has 0 bridgehead atoms. The van der Waals surface area contributed by atoms with Crippen molar-refractivity contribution in [3.8, 4) is 0 Å². The standard InChI is InChI=1S/C23H40N4O2.HI/c1-3-5-16-29-17-6-13-25-23(24-4-2)26-18-20-7-9-22(10-8-20)27-14-11-21(19-28)12-15-27;/h7-10,21,28H,3-6,11-19H2,1-2H3,(H2,24,25,26);1H. The van der Waals surface area contributed by atoms with E-state index in [1.165, 1.54) is 17.7 Å². The number of piperidine rings is 1. The number of nitrogens with one attached hydrogen (secondary N) is 2. The molecule has 0 aliphatic carbocycles. The van der Waals surface area contributed by atoms with E-state index in [9.17, 15) is 5.11 Å². The van der Waals surface area contributed by atoms with Crippen LogP contribution in [0.15, 0.2) is 29.3 Å². The second-order valence-electron chi connectivity index (χ2n) is 7.72. The molecule has 1 fully saturated rings. The van der Waals surface area contributed by atoms with Gasteiger partial charge in [-0.15, -0.1) is 24.0 Å². The summed E-state index contributed by atoms with van der Waals surface area (Å²) < 4.78 is 5.60. The third-order valence-electron chi connectivity index (χ3n) is 5.34. The number of hydrogen-bond acceptors (Lipinski definition) is 4. The number of unbranched alkanes of at least 4 members (excludes halogenated alkanes) is 1. The van der Waals surface area contributed by atoms with Gasteiger partial charge in [0.1, 0.15) is 0 Å². The number of halogens is 1. The van der Waals surface area contributed by atoms with Crippen molar-refractivity contribution in [2.45, 2.75) is 52.5 Å². The summed E-state index contributed by atoms with van der Waals surface area (Å²) >= 11 is 0. The molecule has 0 aromatic heterocycles. The molecule has 2 rings (SSSR count). The molecule has 0 saturated carbocycles. The molecular formula is C23H41IN4O2. The Morgan fingerprint density at radius 3 is 2.43 bits per heavy atom. The van der Waals surface area contributed by atoms with Gasteiger partial charge < -0.3 is 25.4 Å². The van der Waals surface area contributed by atoms with Gasteiger partial charge in [-0.2, -0.15) is 0 Å². The maximum atomic E-state index is 9.29. The Balaban J connectivity index is 0.00000450. The fraction of sp³-hybridized carbons (Fsp3) is 0.696. The first-order valence-corrected chi connectivity index (χ1v) is 11.3. The van der Waals surface area contributed by atoms with E-state index in [-0.39, 0.29) is 24.0 Å². The van der Waals surface area contributed by atoms with Crippen LogP contribution >= 0.6 is 24.0 Å². The smallest absolute Gasteiger partial charge is 0.191 e. The summed E-state index contributed by atoms with van der Waals surface area (Å²) in [4.78, 5) is 7.12. The van der Waals surface area contributed by atoms with E-state index in [2.05, 4.69) is 53.6 Å². The highest BCUT2D eigenvalue weighted by atomic mass is 127. The topological polar surface area (TPSA) is 69.1 Å². The van der Waals surface area contributed by atoms with Crippen molar-refractivity contribution in [2.24, 2.45) is 10.9 Å². The second kappa shape index (κ2) is 16.6. The van der Waals surface area contributed by atoms with Crippen molar-refractivity contribution >= 4 is 35.6 Å². The minimum atomic E-state index is 0. The molecule has 3 N–H and O–H groups in total. The second-order valence-corrected chi connectivity index (χ2v) is 7.72. The Morgan fingerprint density at radius 1 is 1.10 bits per heavy atom. The van der Waals surface area contributed by atoms with E-state index in [1.807, 2.05) is 0 Å². The number of aliphatic imine (C=N–C) groups is 1. The lowest BCUT2D eigenvalue weighted by Gasteiger charge is -2.32. The minimum Gasteiger partial charge on any atom is -0.396 e. The van der Waals surface area contributed by atoms with Crippen LogP contribution in [0.25, 0.3) is 0 Å². The van der Waals surface area contributed by atoms with E-state index >= 15 is 0 Å². The lowest BCUT2D eigenvalue weighted by molar-refractivity contribution is 0.129. The molecule has 0 unspecified atom stereocenters. The van der Waals surface area contributed by atoms with Gasteiger partial charge in [0.15, 0.2) is 5.96 Å². The number of aliphatic hydroxyl groups is 1. The number of aliphatic hydroxyl groups excluding tert-OH is 1. The predicted octanol–water partition coefficient (Wildman–Crippen LogP) is 3.78. The van der Waals surface area contributed by atoms with Crippen molar-refractivity contribution in [1.29, 1.82) is 0 Å². The lowest BCUT2D eigenvalue weighted by Crippen LogP contribution is -2.38. The molecule has 1 aromatic carbocycles. The summed E-state index contributed by atoms with van der Waals surface area (Å²) in [5.41, 5.74) is 2.47. The van der Waals surface area contributed by atoms with Crippen molar-refractivity contribution in [1.82, 2.24) is 10.6 Å². The molecule has 1 heterocycles. The number of rotatable bonds is 12. The van der Waals surface area contributed by atoms with Gasteiger partial charge >= 0.3 is 0 Å². The maximum absolute atomic E-state index is 9.29. The van der Waals surface area contributed by atoms with Gasteiger partial charge in [0.25, 0.3) is 0 Å². The van der Waals surface area contributed by atoms with Crippen molar-refractivity contribution < 1.29 is 9.84 Å². The van der Waals surface area contributed by atoms with Crippen LogP contribution in [0.2, 0.25) is 0 Å². The van der Waals surface area contributed by atoms with Crippen LogP contribution in [0.5, 0.6) is 0 Å². The fourth-order valence-electron chi connectivity index (χ4n) is 3.43. The minimum absolute atomic E-state index is 0. The van der Waals surface area contributed by atoms with Crippen LogP contribution in [0, 0.1) is 5.92 Å². The molecule has 172 valence electrons. The Labute approximate surface area is 199 Å². The van der Waals surface area contributed by atoms with Gasteiger partial charge in [0.2, 0.25) is 0 Å². The first-order valence-electron chi connectivity index (χ1n) is 11.3. The number of ether oxygens (including phenoxy) is 1. The van der Waals surface area contributed by atoms with Crippen molar-refractivity contribution in [3.05, 3.63) is 29.8 Å². The Morgan fingerprint density at radius 2 is 1.80 bits per heavy atom. The molecule has 1 aromatic rings. The summed E-state index contributed by atoms with van der Waals surface area (Å²) in [5.74, 6) is 1.33. The molecule has 7 heteroatoms. The highest BCUT2D eigenvalue weighted by Gasteiger charge is 2.18. The number of hydrogen-bond donors (Lipinski definition) is 3. The summed E-state index contributed by atoms with van der Waals surface area (Å²) in [6.45, 7) is 10.7. The number of benzene rings is 1. The Bertz CT molecular complexity index is 575. The zero-order valence-electron chi connectivity index (χ0n) is 18.7. The summed E-state index contributed by atoms with van der Waals surface area (Å²) in [6, 6.07) is 8.72. The molecule has 6 nitrogen and oxygen atoms in total. The summed E-state index contributed by atoms with van der Waals surface area (Å²) in [7, 11) is 0. The molecule has 30 heavy (non-hydrogen) atoms. The quantitative estimate of drug-likeness (QED) is 0.166. The van der Waals surface area contributed by atoms with E-state index in [4.69, 9.17) is 9.73 Å². The molecule has 0 radical (unpaired) electrons. The van der Waals surface area contributed by atoms with Crippen LogP contribution in [-0.2, 0) is 11.3 Å². The summed E-state index contributed by atoms with van der Waals surface area (Å²) in [6.07, 6.45) is 5.44. The average Bonchev–Trinajstić information content (AvgIpc) is 2.77. The Kier molecular flexibility index (Phi) is 14.9. The van der Waals surface area contributed by atoms with Crippen LogP contribution in [0.4, 0.5) is 5.69 Å². The molecule has 1 aliphatic heterocycles. The molecule has 1 aliphatic rings. The van der Waals surface area contributed by atoms with Gasteiger partial charge in [-0.3, -0.25) is 0 Å². The molecule has 0 spiro atoms. The van der Waals surface area contributed by atoms with Gasteiger partial charge in [0, 0.05) is 51.7 Å². The average molecular weight is 533 g/mol. The third-order valence-corrected chi connectivity index (χ3v) is 5.34. The molecular weight excluding hydrogens is 491 g/mol.